The fourth-order valence-electron chi connectivity index (χ4n) is 3.84. The number of carbonyl (C=O) groups is 1. The fraction of sp³-hybridized carbons (Fsp3) is 0.526. The molecule has 2 fully saturated rings. The lowest BCUT2D eigenvalue weighted by atomic mass is 10.1. The molecule has 2 aromatic heterocycles. The first-order valence-corrected chi connectivity index (χ1v) is 11.5. The van der Waals surface area contributed by atoms with Crippen LogP contribution >= 0.6 is 0 Å². The molecule has 10 nitrogen and oxygen atoms in total. The zero-order valence-corrected chi connectivity index (χ0v) is 18.0. The van der Waals surface area contributed by atoms with E-state index < -0.39 is 15.4 Å². The van der Waals surface area contributed by atoms with Crippen LogP contribution in [-0.4, -0.2) is 64.3 Å². The monoisotopic (exact) mass is 432 g/mol. The Kier molecular flexibility index (Phi) is 4.68. The van der Waals surface area contributed by atoms with Crippen LogP contribution < -0.4 is 5.73 Å². The zero-order valence-electron chi connectivity index (χ0n) is 17.2. The van der Waals surface area contributed by atoms with Gasteiger partial charge in [0.05, 0.1) is 5.69 Å². The van der Waals surface area contributed by atoms with E-state index in [1.54, 1.807) is 11.0 Å². The van der Waals surface area contributed by atoms with Crippen LogP contribution in [0.4, 0.5) is 10.7 Å². The van der Waals surface area contributed by atoms with Gasteiger partial charge >= 0.3 is 6.09 Å². The lowest BCUT2D eigenvalue weighted by Gasteiger charge is -2.25. The second-order valence-corrected chi connectivity index (χ2v) is 10.7. The van der Waals surface area contributed by atoms with Crippen LogP contribution in [0.2, 0.25) is 0 Å². The van der Waals surface area contributed by atoms with Gasteiger partial charge in [0.2, 0.25) is 20.9 Å². The maximum absolute atomic E-state index is 12.3. The van der Waals surface area contributed by atoms with Crippen molar-refractivity contribution in [3.63, 3.8) is 0 Å². The number of carbonyl (C=O) groups excluding carboxylic acids is 1. The molecule has 0 bridgehead atoms. The van der Waals surface area contributed by atoms with Crippen LogP contribution in [0.5, 0.6) is 0 Å². The van der Waals surface area contributed by atoms with Crippen molar-refractivity contribution in [2.75, 3.05) is 25.1 Å². The Balaban J connectivity index is 1.58. The predicted molar refractivity (Wildman–Crippen MR) is 108 cm³/mol. The average molecular weight is 433 g/mol. The van der Waals surface area contributed by atoms with E-state index in [1.165, 1.54) is 12.4 Å². The van der Waals surface area contributed by atoms with Crippen molar-refractivity contribution in [3.05, 3.63) is 24.2 Å². The second kappa shape index (κ2) is 6.86. The topological polar surface area (TPSA) is 141 Å². The minimum Gasteiger partial charge on any atom is -0.444 e. The first-order valence-electron chi connectivity index (χ1n) is 9.57. The normalized spacial score (nSPS) is 23.2. The van der Waals surface area contributed by atoms with E-state index in [9.17, 15) is 13.2 Å². The maximum Gasteiger partial charge on any atom is 0.410 e. The molecule has 3 heterocycles. The van der Waals surface area contributed by atoms with Crippen LogP contribution in [0.15, 0.2) is 23.6 Å². The third-order valence-corrected chi connectivity index (χ3v) is 6.06. The molecular formula is C19H24N6O4S. The molecule has 0 radical (unpaired) electrons. The fourth-order valence-corrected chi connectivity index (χ4v) is 4.37. The molecule has 160 valence electrons. The molecule has 1 aliphatic carbocycles. The van der Waals surface area contributed by atoms with Crippen LogP contribution in [0.3, 0.4) is 0 Å². The Hall–Kier alpha value is -2.82. The van der Waals surface area contributed by atoms with E-state index in [1.807, 2.05) is 20.8 Å². The number of aromatic nitrogens is 4. The molecule has 2 atom stereocenters. The highest BCUT2D eigenvalue weighted by Crippen LogP contribution is 2.58. The molecule has 1 saturated carbocycles. The summed E-state index contributed by atoms with van der Waals surface area (Å²) in [6, 6.07) is 1.77. The van der Waals surface area contributed by atoms with Gasteiger partial charge in [0.15, 0.2) is 0 Å². The largest absolute Gasteiger partial charge is 0.444 e. The van der Waals surface area contributed by atoms with Gasteiger partial charge in [-0.3, -0.25) is 0 Å². The number of ether oxygens (including phenoxy) is 1. The maximum atomic E-state index is 12.3. The van der Waals surface area contributed by atoms with Crippen molar-refractivity contribution in [3.8, 4) is 11.3 Å². The third-order valence-electron chi connectivity index (χ3n) is 5.21. The van der Waals surface area contributed by atoms with E-state index in [2.05, 4.69) is 19.9 Å². The zero-order chi connectivity index (χ0) is 21.8. The molecule has 0 aromatic carbocycles. The summed E-state index contributed by atoms with van der Waals surface area (Å²) in [5, 5.41) is -0.235. The molecule has 2 N–H and O–H groups in total. The summed E-state index contributed by atoms with van der Waals surface area (Å²) in [6.07, 6.45) is 3.75. The third kappa shape index (κ3) is 4.07. The quantitative estimate of drug-likeness (QED) is 0.714. The molecular weight excluding hydrogens is 408 g/mol. The summed E-state index contributed by atoms with van der Waals surface area (Å²) in [5.41, 5.74) is 6.62. The number of nitrogens with two attached hydrogens (primary N) is 1. The molecule has 1 saturated heterocycles. The number of hydrogen-bond acceptors (Lipinski definition) is 9. The summed E-state index contributed by atoms with van der Waals surface area (Å²) in [6.45, 7) is 6.62. The van der Waals surface area contributed by atoms with Gasteiger partial charge in [-0.1, -0.05) is 0 Å². The SMILES string of the molecule is CC(C)(C)OC(=O)N1CC2C(C1)C2c1cc(-c2cnc(N)nc2)nc(S(C)(=O)=O)n1. The lowest BCUT2D eigenvalue weighted by Crippen LogP contribution is -2.36. The van der Waals surface area contributed by atoms with Crippen molar-refractivity contribution in [2.24, 2.45) is 11.8 Å². The Morgan fingerprint density at radius 2 is 1.77 bits per heavy atom. The van der Waals surface area contributed by atoms with E-state index >= 15 is 0 Å². The van der Waals surface area contributed by atoms with Crippen molar-refractivity contribution in [2.45, 2.75) is 37.4 Å². The number of likely N-dealkylation sites (tertiary alicyclic amines) is 1. The van der Waals surface area contributed by atoms with Gasteiger partial charge in [0, 0.05) is 48.9 Å². The van der Waals surface area contributed by atoms with Crippen molar-refractivity contribution >= 4 is 21.9 Å². The number of hydrogen-bond donors (Lipinski definition) is 1. The smallest absolute Gasteiger partial charge is 0.410 e. The number of nitrogen functional groups attached to an aromatic ring is 1. The van der Waals surface area contributed by atoms with Gasteiger partial charge in [-0.15, -0.1) is 0 Å². The van der Waals surface area contributed by atoms with Crippen molar-refractivity contribution < 1.29 is 17.9 Å². The number of amides is 1. The molecule has 1 aliphatic heterocycles. The Labute approximate surface area is 174 Å². The minimum atomic E-state index is -3.61. The van der Waals surface area contributed by atoms with Crippen molar-refractivity contribution in [1.29, 1.82) is 0 Å². The van der Waals surface area contributed by atoms with Gasteiger partial charge in [-0.05, 0) is 38.7 Å². The summed E-state index contributed by atoms with van der Waals surface area (Å²) in [4.78, 5) is 30.4. The lowest BCUT2D eigenvalue weighted by molar-refractivity contribution is 0.0270. The number of anilines is 1. The summed E-state index contributed by atoms with van der Waals surface area (Å²) in [5.74, 6) is 0.627. The van der Waals surface area contributed by atoms with Crippen LogP contribution in [0.1, 0.15) is 32.4 Å². The molecule has 11 heteroatoms. The van der Waals surface area contributed by atoms with Crippen LogP contribution in [0, 0.1) is 11.8 Å². The van der Waals surface area contributed by atoms with Gasteiger partial charge in [-0.25, -0.2) is 33.1 Å². The van der Waals surface area contributed by atoms with E-state index in [0.717, 1.165) is 6.26 Å². The number of piperidine rings is 1. The van der Waals surface area contributed by atoms with E-state index in [4.69, 9.17) is 10.5 Å². The van der Waals surface area contributed by atoms with E-state index in [-0.39, 0.29) is 35.0 Å². The highest BCUT2D eigenvalue weighted by atomic mass is 32.2. The summed E-state index contributed by atoms with van der Waals surface area (Å²) < 4.78 is 29.7. The standard InChI is InChI=1S/C19H24N6O4S/c1-19(2,3)29-18(26)25-8-11-12(9-25)15(11)14-5-13(10-6-21-16(20)22-7-10)23-17(24-14)30(4,27)28/h5-7,11-12,15H,8-9H2,1-4H3,(H2,20,21,22). The number of sulfone groups is 1. The predicted octanol–water partition coefficient (Wildman–Crippen LogP) is 1.50. The molecule has 1 amide bonds. The Bertz CT molecular complexity index is 1080. The molecule has 2 aromatic rings. The Morgan fingerprint density at radius 3 is 2.30 bits per heavy atom. The van der Waals surface area contributed by atoms with Gasteiger partial charge in [-0.2, -0.15) is 0 Å². The number of nitrogens with zero attached hydrogens (tertiary/aromatic N) is 5. The summed E-state index contributed by atoms with van der Waals surface area (Å²) >= 11 is 0. The molecule has 2 aliphatic rings. The number of rotatable bonds is 3. The van der Waals surface area contributed by atoms with E-state index in [0.29, 0.717) is 30.0 Å². The molecule has 4 rings (SSSR count). The molecule has 30 heavy (non-hydrogen) atoms. The van der Waals surface area contributed by atoms with Gasteiger partial charge in [0.25, 0.3) is 0 Å². The minimum absolute atomic E-state index is 0.0700. The van der Waals surface area contributed by atoms with Crippen LogP contribution in [0.25, 0.3) is 11.3 Å². The van der Waals surface area contributed by atoms with Crippen molar-refractivity contribution in [1.82, 2.24) is 24.8 Å². The first-order chi connectivity index (χ1) is 13.9. The summed E-state index contributed by atoms with van der Waals surface area (Å²) in [7, 11) is -3.61. The van der Waals surface area contributed by atoms with Gasteiger partial charge in [0.1, 0.15) is 5.60 Å². The molecule has 0 spiro atoms. The highest BCUT2D eigenvalue weighted by molar-refractivity contribution is 7.90. The van der Waals surface area contributed by atoms with Crippen LogP contribution in [-0.2, 0) is 14.6 Å². The highest BCUT2D eigenvalue weighted by Gasteiger charge is 2.58. The Morgan fingerprint density at radius 1 is 1.17 bits per heavy atom. The van der Waals surface area contributed by atoms with Gasteiger partial charge < -0.3 is 15.4 Å². The molecule has 2 unspecified atom stereocenters. The second-order valence-electron chi connectivity index (χ2n) is 8.80. The number of fused-ring (bicyclic) bond motifs is 1. The average Bonchev–Trinajstić information content (AvgIpc) is 3.13. The first kappa shape index (κ1) is 20.5.